The molecule has 2 aromatic rings. The zero-order chi connectivity index (χ0) is 14.7. The first-order valence-electron chi connectivity index (χ1n) is 5.41. The van der Waals surface area contributed by atoms with Gasteiger partial charge in [-0.3, -0.25) is 10.1 Å². The lowest BCUT2D eigenvalue weighted by Crippen LogP contribution is -2.02. The van der Waals surface area contributed by atoms with E-state index in [0.717, 1.165) is 18.2 Å². The molecule has 0 saturated heterocycles. The molecule has 0 fully saturated rings. The molecule has 104 valence electrons. The molecule has 9 heteroatoms. The molecule has 0 radical (unpaired) electrons. The smallest absolute Gasteiger partial charge is 0.335 e. The van der Waals surface area contributed by atoms with Gasteiger partial charge in [0, 0.05) is 19.1 Å². The van der Waals surface area contributed by atoms with Crippen LogP contribution < -0.4 is 4.74 Å². The number of carboxylic acids is 1. The number of hydrogen-bond donors (Lipinski definition) is 1. The number of carbonyl (C=O) groups is 1. The highest BCUT2D eigenvalue weighted by Gasteiger charge is 2.18. The summed E-state index contributed by atoms with van der Waals surface area (Å²) in [6.07, 6.45) is 0. The number of hydrogen-bond acceptors (Lipinski definition) is 7. The van der Waals surface area contributed by atoms with E-state index in [2.05, 4.69) is 10.2 Å². The molecule has 9 nitrogen and oxygen atoms in total. The molecule has 0 aliphatic rings. The molecule has 1 aromatic heterocycles. The van der Waals surface area contributed by atoms with E-state index in [-0.39, 0.29) is 29.5 Å². The third-order valence-electron chi connectivity index (χ3n) is 2.32. The van der Waals surface area contributed by atoms with Crippen molar-refractivity contribution in [1.29, 1.82) is 0 Å². The van der Waals surface area contributed by atoms with E-state index in [1.165, 1.54) is 0 Å². The zero-order valence-corrected chi connectivity index (χ0v) is 10.3. The molecule has 0 amide bonds. The van der Waals surface area contributed by atoms with Crippen molar-refractivity contribution in [3.63, 3.8) is 0 Å². The summed E-state index contributed by atoms with van der Waals surface area (Å²) in [5.41, 5.74) is -0.460. The maximum absolute atomic E-state index is 10.8. The summed E-state index contributed by atoms with van der Waals surface area (Å²) in [4.78, 5) is 21.0. The van der Waals surface area contributed by atoms with Crippen molar-refractivity contribution in [2.24, 2.45) is 0 Å². The van der Waals surface area contributed by atoms with Crippen LogP contribution in [0.4, 0.5) is 5.69 Å². The Morgan fingerprint density at radius 3 is 2.80 bits per heavy atom. The largest absolute Gasteiger partial charge is 0.478 e. The van der Waals surface area contributed by atoms with E-state index >= 15 is 0 Å². The Labute approximate surface area is 112 Å². The number of ether oxygens (including phenoxy) is 1. The minimum atomic E-state index is -1.21. The van der Waals surface area contributed by atoms with Gasteiger partial charge < -0.3 is 14.3 Å². The highest BCUT2D eigenvalue weighted by atomic mass is 16.6. The number of aryl methyl sites for hydroxylation is 1. The van der Waals surface area contributed by atoms with Crippen molar-refractivity contribution in [2.75, 3.05) is 0 Å². The van der Waals surface area contributed by atoms with E-state index in [9.17, 15) is 14.9 Å². The Bertz CT molecular complexity index is 666. The number of aromatic nitrogens is 2. The van der Waals surface area contributed by atoms with Crippen LogP contribution in [0.3, 0.4) is 0 Å². The van der Waals surface area contributed by atoms with Crippen molar-refractivity contribution in [3.8, 4) is 5.75 Å². The van der Waals surface area contributed by atoms with Crippen LogP contribution >= 0.6 is 0 Å². The summed E-state index contributed by atoms with van der Waals surface area (Å²) >= 11 is 0. The molecule has 0 unspecified atom stereocenters. The van der Waals surface area contributed by atoms with Crippen molar-refractivity contribution in [3.05, 3.63) is 45.7 Å². The van der Waals surface area contributed by atoms with E-state index in [1.54, 1.807) is 6.92 Å². The molecule has 1 heterocycles. The molecule has 20 heavy (non-hydrogen) atoms. The summed E-state index contributed by atoms with van der Waals surface area (Å²) in [7, 11) is 0. The normalized spacial score (nSPS) is 10.2. The minimum Gasteiger partial charge on any atom is -0.478 e. The van der Waals surface area contributed by atoms with Crippen LogP contribution in [-0.2, 0) is 6.61 Å². The molecule has 0 aliphatic heterocycles. The average molecular weight is 279 g/mol. The molecular formula is C11H9N3O6. The summed E-state index contributed by atoms with van der Waals surface area (Å²) in [6.45, 7) is 1.40. The van der Waals surface area contributed by atoms with Crippen LogP contribution in [-0.4, -0.2) is 26.2 Å². The number of nitro benzene ring substituents is 1. The van der Waals surface area contributed by atoms with Crippen molar-refractivity contribution in [2.45, 2.75) is 13.5 Å². The molecule has 0 bridgehead atoms. The number of nitrogens with zero attached hydrogens (tertiary/aromatic N) is 3. The van der Waals surface area contributed by atoms with Gasteiger partial charge in [0.05, 0.1) is 10.5 Å². The van der Waals surface area contributed by atoms with Crippen LogP contribution in [0.5, 0.6) is 5.75 Å². The minimum absolute atomic E-state index is 0.118. The molecule has 2 rings (SSSR count). The Balaban J connectivity index is 2.25. The Kier molecular flexibility index (Phi) is 3.60. The van der Waals surface area contributed by atoms with Crippen LogP contribution in [0.15, 0.2) is 22.6 Å². The van der Waals surface area contributed by atoms with Gasteiger partial charge in [0.15, 0.2) is 12.4 Å². The fourth-order valence-electron chi connectivity index (χ4n) is 1.45. The topological polar surface area (TPSA) is 129 Å². The Hall–Kier alpha value is -2.97. The van der Waals surface area contributed by atoms with Crippen molar-refractivity contribution >= 4 is 11.7 Å². The van der Waals surface area contributed by atoms with Gasteiger partial charge in [-0.05, 0) is 6.07 Å². The molecule has 1 aromatic carbocycles. The van der Waals surface area contributed by atoms with E-state index in [0.29, 0.717) is 5.89 Å². The second-order valence-electron chi connectivity index (χ2n) is 3.75. The standard InChI is InChI=1S/C11H9N3O6/c1-6-12-13-10(20-6)5-19-9-4-7(11(15)16)2-3-8(9)14(17)18/h2-4H,5H2,1H3,(H,15,16). The molecule has 0 saturated carbocycles. The first kappa shape index (κ1) is 13.5. The van der Waals surface area contributed by atoms with Crippen molar-refractivity contribution in [1.82, 2.24) is 10.2 Å². The number of rotatable bonds is 5. The van der Waals surface area contributed by atoms with Crippen LogP contribution in [0.2, 0.25) is 0 Å². The lowest BCUT2D eigenvalue weighted by molar-refractivity contribution is -0.386. The summed E-state index contributed by atoms with van der Waals surface area (Å²) in [5, 5.41) is 26.9. The van der Waals surface area contributed by atoms with E-state index in [1.807, 2.05) is 0 Å². The lowest BCUT2D eigenvalue weighted by Gasteiger charge is -2.05. The third kappa shape index (κ3) is 2.88. The van der Waals surface area contributed by atoms with Gasteiger partial charge in [0.25, 0.3) is 5.89 Å². The quantitative estimate of drug-likeness (QED) is 0.644. The maximum atomic E-state index is 10.8. The van der Waals surface area contributed by atoms with Crippen LogP contribution in [0.25, 0.3) is 0 Å². The summed E-state index contributed by atoms with van der Waals surface area (Å²) in [5.74, 6) is -0.918. The number of carboxylic acid groups (broad SMARTS) is 1. The summed E-state index contributed by atoms with van der Waals surface area (Å²) < 4.78 is 10.2. The maximum Gasteiger partial charge on any atom is 0.335 e. The zero-order valence-electron chi connectivity index (χ0n) is 10.3. The number of benzene rings is 1. The van der Waals surface area contributed by atoms with Crippen LogP contribution in [0.1, 0.15) is 22.1 Å². The van der Waals surface area contributed by atoms with Gasteiger partial charge in [-0.25, -0.2) is 4.79 Å². The fraction of sp³-hybridized carbons (Fsp3) is 0.182. The molecule has 0 atom stereocenters. The highest BCUT2D eigenvalue weighted by Crippen LogP contribution is 2.28. The van der Waals surface area contributed by atoms with Gasteiger partial charge in [-0.15, -0.1) is 10.2 Å². The van der Waals surface area contributed by atoms with Gasteiger partial charge in [-0.1, -0.05) is 0 Å². The predicted molar refractivity (Wildman–Crippen MR) is 63.4 cm³/mol. The lowest BCUT2D eigenvalue weighted by atomic mass is 10.2. The molecule has 0 aliphatic carbocycles. The van der Waals surface area contributed by atoms with Gasteiger partial charge in [-0.2, -0.15) is 0 Å². The number of aromatic carboxylic acids is 1. The second-order valence-corrected chi connectivity index (χ2v) is 3.75. The number of nitro groups is 1. The van der Waals surface area contributed by atoms with Gasteiger partial charge >= 0.3 is 11.7 Å². The molecule has 0 spiro atoms. The van der Waals surface area contributed by atoms with Gasteiger partial charge in [0.2, 0.25) is 5.89 Å². The fourth-order valence-corrected chi connectivity index (χ4v) is 1.45. The molecule has 1 N–H and O–H groups in total. The first-order chi connectivity index (χ1) is 9.47. The SMILES string of the molecule is Cc1nnc(COc2cc(C(=O)O)ccc2[N+](=O)[O-])o1. The predicted octanol–water partition coefficient (Wildman–Crippen LogP) is 1.56. The molecular weight excluding hydrogens is 270 g/mol. The Morgan fingerprint density at radius 1 is 1.50 bits per heavy atom. The van der Waals surface area contributed by atoms with E-state index < -0.39 is 10.9 Å². The first-order valence-corrected chi connectivity index (χ1v) is 5.41. The third-order valence-corrected chi connectivity index (χ3v) is 2.32. The Morgan fingerprint density at radius 2 is 2.25 bits per heavy atom. The summed E-state index contributed by atoms with van der Waals surface area (Å²) in [6, 6.07) is 3.27. The monoisotopic (exact) mass is 279 g/mol. The van der Waals surface area contributed by atoms with Gasteiger partial charge in [0.1, 0.15) is 0 Å². The second kappa shape index (κ2) is 5.34. The van der Waals surface area contributed by atoms with Crippen LogP contribution in [0, 0.1) is 17.0 Å². The van der Waals surface area contributed by atoms with E-state index in [4.69, 9.17) is 14.3 Å². The highest BCUT2D eigenvalue weighted by molar-refractivity contribution is 5.88. The van der Waals surface area contributed by atoms with Crippen molar-refractivity contribution < 1.29 is 24.0 Å². The average Bonchev–Trinajstić information content (AvgIpc) is 2.81.